The first-order valence-electron chi connectivity index (χ1n) is 10.3. The normalized spacial score (nSPS) is 34.2. The number of rotatable bonds is 4. The molecule has 2 heterocycles. The van der Waals surface area contributed by atoms with Crippen molar-refractivity contribution < 1.29 is 35.8 Å². The Morgan fingerprint density at radius 1 is 0.636 bits per heavy atom. The minimum atomic E-state index is -5.59. The Labute approximate surface area is 199 Å². The SMILES string of the molecule is CO[C@@]12SC([Si](C)(C)C)=CC1=C1C(=C3C=C([Si](C)(C)C)S[C@]32OC)C(F)(F)C(F)(F)C1(F)F. The van der Waals surface area contributed by atoms with Gasteiger partial charge < -0.3 is 9.47 Å². The third kappa shape index (κ3) is 2.85. The van der Waals surface area contributed by atoms with Crippen LogP contribution in [-0.4, -0.2) is 58.0 Å². The van der Waals surface area contributed by atoms with Gasteiger partial charge in [-0.3, -0.25) is 0 Å². The first-order valence-corrected chi connectivity index (χ1v) is 19.0. The Morgan fingerprint density at radius 2 is 0.939 bits per heavy atom. The average molecular weight is 545 g/mol. The van der Waals surface area contributed by atoms with Crippen LogP contribution in [0.4, 0.5) is 26.3 Å². The molecule has 4 aliphatic rings. The Bertz CT molecular complexity index is 986. The molecule has 0 aromatic heterocycles. The van der Waals surface area contributed by atoms with Crippen LogP contribution in [0.3, 0.4) is 0 Å². The second-order valence-electron chi connectivity index (χ2n) is 10.7. The van der Waals surface area contributed by atoms with Crippen molar-refractivity contribution in [2.24, 2.45) is 0 Å². The van der Waals surface area contributed by atoms with Crippen molar-refractivity contribution in [1.82, 2.24) is 0 Å². The van der Waals surface area contributed by atoms with Crippen molar-refractivity contribution in [3.05, 3.63) is 43.5 Å². The standard InChI is InChI=1S/C21H26F6O2S2Si2/c1-28-19-11(9-13(30-19)32(3,4)5)15-16(18(24,25)21(26,27)17(15,22)23)12-10-14(33(6,7)8)31-20(12,19)29-2/h9-10H,1-8H3/t19-,20-/m1/s1. The van der Waals surface area contributed by atoms with Gasteiger partial charge in [0.25, 0.3) is 0 Å². The zero-order valence-corrected chi connectivity index (χ0v) is 23.2. The summed E-state index contributed by atoms with van der Waals surface area (Å²) in [5.74, 6) is -15.7. The molecule has 2 nitrogen and oxygen atoms in total. The second kappa shape index (κ2) is 6.87. The van der Waals surface area contributed by atoms with E-state index in [0.29, 0.717) is 9.06 Å². The Balaban J connectivity index is 2.21. The van der Waals surface area contributed by atoms with E-state index in [1.54, 1.807) is 0 Å². The first-order chi connectivity index (χ1) is 14.8. The van der Waals surface area contributed by atoms with Gasteiger partial charge in [-0.1, -0.05) is 62.8 Å². The third-order valence-corrected chi connectivity index (χ3v) is 16.7. The van der Waals surface area contributed by atoms with Crippen molar-refractivity contribution in [1.29, 1.82) is 0 Å². The van der Waals surface area contributed by atoms with Crippen LogP contribution in [0.1, 0.15) is 0 Å². The van der Waals surface area contributed by atoms with Crippen LogP contribution < -0.4 is 0 Å². The summed E-state index contributed by atoms with van der Waals surface area (Å²) in [7, 11) is -1.79. The Morgan fingerprint density at radius 3 is 1.18 bits per heavy atom. The molecule has 0 amide bonds. The maximum atomic E-state index is 15.3. The molecule has 0 aromatic rings. The van der Waals surface area contributed by atoms with E-state index in [1.807, 2.05) is 39.3 Å². The van der Waals surface area contributed by atoms with E-state index in [1.165, 1.54) is 26.4 Å². The molecule has 12 heteroatoms. The summed E-state index contributed by atoms with van der Waals surface area (Å²) in [4.78, 5) is -3.43. The minimum Gasteiger partial charge on any atom is -0.358 e. The Kier molecular flexibility index (Phi) is 5.35. The molecular formula is C21H26F6O2S2Si2. The highest BCUT2D eigenvalue weighted by molar-refractivity contribution is 8.11. The van der Waals surface area contributed by atoms with Crippen molar-refractivity contribution in [2.75, 3.05) is 14.2 Å². The zero-order chi connectivity index (χ0) is 25.2. The summed E-state index contributed by atoms with van der Waals surface area (Å²) < 4.78 is 104. The second-order valence-corrected chi connectivity index (χ2v) is 23.9. The van der Waals surface area contributed by atoms with Crippen molar-refractivity contribution in [3.8, 4) is 0 Å². The van der Waals surface area contributed by atoms with Gasteiger partial charge >= 0.3 is 17.8 Å². The van der Waals surface area contributed by atoms with E-state index in [9.17, 15) is 8.78 Å². The van der Waals surface area contributed by atoms with Crippen LogP contribution in [0.15, 0.2) is 43.5 Å². The lowest BCUT2D eigenvalue weighted by Crippen LogP contribution is -2.55. The fraction of sp³-hybridized carbons (Fsp3) is 0.619. The topological polar surface area (TPSA) is 18.5 Å². The van der Waals surface area contributed by atoms with E-state index in [-0.39, 0.29) is 11.1 Å². The van der Waals surface area contributed by atoms with Gasteiger partial charge in [0.1, 0.15) is 0 Å². The van der Waals surface area contributed by atoms with Crippen LogP contribution in [0.2, 0.25) is 39.3 Å². The number of thioether (sulfide) groups is 2. The smallest absolute Gasteiger partial charge is 0.358 e. The van der Waals surface area contributed by atoms with E-state index in [2.05, 4.69) is 0 Å². The maximum Gasteiger partial charge on any atom is 0.380 e. The number of alkyl halides is 6. The molecule has 2 aliphatic carbocycles. The number of hydrogen-bond acceptors (Lipinski definition) is 4. The summed E-state index contributed by atoms with van der Waals surface area (Å²) in [5.41, 5.74) is -3.33. The lowest BCUT2D eigenvalue weighted by Gasteiger charge is -2.49. The molecule has 1 fully saturated rings. The summed E-state index contributed by atoms with van der Waals surface area (Å²) in [6.07, 6.45) is 2.76. The van der Waals surface area contributed by atoms with E-state index < -0.39 is 54.9 Å². The van der Waals surface area contributed by atoms with Crippen LogP contribution >= 0.6 is 23.5 Å². The largest absolute Gasteiger partial charge is 0.380 e. The van der Waals surface area contributed by atoms with Crippen molar-refractivity contribution in [2.45, 2.75) is 66.9 Å². The van der Waals surface area contributed by atoms with Crippen LogP contribution in [0, 0.1) is 0 Å². The van der Waals surface area contributed by atoms with E-state index in [4.69, 9.17) is 9.47 Å². The minimum absolute atomic E-state index is 0.340. The molecule has 4 rings (SSSR count). The van der Waals surface area contributed by atoms with Gasteiger partial charge in [-0.05, 0) is 21.2 Å². The summed E-state index contributed by atoms with van der Waals surface area (Å²) >= 11 is 2.27. The lowest BCUT2D eigenvalue weighted by molar-refractivity contribution is -0.258. The van der Waals surface area contributed by atoms with Crippen LogP contribution in [-0.2, 0) is 9.47 Å². The molecule has 0 N–H and O–H groups in total. The highest BCUT2D eigenvalue weighted by Gasteiger charge is 2.85. The third-order valence-electron chi connectivity index (χ3n) is 6.46. The number of hydrogen-bond donors (Lipinski definition) is 0. The highest BCUT2D eigenvalue weighted by atomic mass is 32.2. The summed E-state index contributed by atoms with van der Waals surface area (Å²) in [5, 5.41) is 0. The van der Waals surface area contributed by atoms with Gasteiger partial charge in [0, 0.05) is 36.5 Å². The monoisotopic (exact) mass is 544 g/mol. The molecule has 0 unspecified atom stereocenters. The van der Waals surface area contributed by atoms with Gasteiger partial charge in [-0.2, -0.15) is 26.3 Å². The molecule has 1 saturated carbocycles. The van der Waals surface area contributed by atoms with Gasteiger partial charge in [0.05, 0.1) is 16.1 Å². The highest BCUT2D eigenvalue weighted by Crippen LogP contribution is 2.75. The van der Waals surface area contributed by atoms with Crippen LogP contribution in [0.25, 0.3) is 0 Å². The molecule has 2 aliphatic heterocycles. The number of fused-ring (bicyclic) bond motifs is 4. The molecule has 33 heavy (non-hydrogen) atoms. The average Bonchev–Trinajstić information content (AvgIpc) is 3.28. The van der Waals surface area contributed by atoms with Crippen molar-refractivity contribution in [3.63, 3.8) is 0 Å². The molecule has 0 bridgehead atoms. The van der Waals surface area contributed by atoms with Gasteiger partial charge in [0.2, 0.25) is 0 Å². The van der Waals surface area contributed by atoms with Gasteiger partial charge in [-0.25, -0.2) is 0 Å². The number of methoxy groups -OCH3 is 2. The molecular weight excluding hydrogens is 519 g/mol. The molecule has 0 spiro atoms. The zero-order valence-electron chi connectivity index (χ0n) is 19.6. The van der Waals surface area contributed by atoms with E-state index in [0.717, 1.165) is 23.5 Å². The van der Waals surface area contributed by atoms with Gasteiger partial charge in [-0.15, -0.1) is 0 Å². The number of halogens is 6. The predicted octanol–water partition coefficient (Wildman–Crippen LogP) is 7.21. The summed E-state index contributed by atoms with van der Waals surface area (Å²) in [6, 6.07) is 0. The molecule has 2 atom stereocenters. The lowest BCUT2D eigenvalue weighted by atomic mass is 9.80. The fourth-order valence-electron chi connectivity index (χ4n) is 4.64. The first kappa shape index (κ1) is 25.7. The molecule has 0 radical (unpaired) electrons. The summed E-state index contributed by atoms with van der Waals surface area (Å²) in [6.45, 7) is 11.8. The molecule has 0 aromatic carbocycles. The number of ether oxygens (including phenoxy) is 2. The van der Waals surface area contributed by atoms with Crippen LogP contribution in [0.5, 0.6) is 0 Å². The number of allylic oxidation sites excluding steroid dienone is 2. The van der Waals surface area contributed by atoms with Crippen molar-refractivity contribution >= 4 is 39.7 Å². The van der Waals surface area contributed by atoms with Gasteiger partial charge in [0.15, 0.2) is 9.87 Å². The molecule has 184 valence electrons. The predicted molar refractivity (Wildman–Crippen MR) is 126 cm³/mol. The molecule has 0 saturated heterocycles. The maximum absolute atomic E-state index is 15.3. The Hall–Kier alpha value is -0.406. The fourth-order valence-corrected chi connectivity index (χ4v) is 11.7. The van der Waals surface area contributed by atoms with E-state index >= 15 is 17.6 Å². The quantitative estimate of drug-likeness (QED) is 0.275.